The van der Waals surface area contributed by atoms with Crippen molar-refractivity contribution in [2.45, 2.75) is 12.2 Å². The Morgan fingerprint density at radius 3 is 2.92 bits per heavy atom. The molecule has 1 aliphatic heterocycles. The molecular formula is C9H9ClO2. The summed E-state index contributed by atoms with van der Waals surface area (Å²) in [6, 6.07) is 7.21. The van der Waals surface area contributed by atoms with Crippen molar-refractivity contribution in [1.29, 1.82) is 0 Å². The first-order valence-corrected chi connectivity index (χ1v) is 4.20. The van der Waals surface area contributed by atoms with E-state index in [0.29, 0.717) is 11.6 Å². The van der Waals surface area contributed by atoms with Crippen LogP contribution in [0.1, 0.15) is 11.7 Å². The van der Waals surface area contributed by atoms with Crippen LogP contribution in [0.25, 0.3) is 0 Å². The summed E-state index contributed by atoms with van der Waals surface area (Å²) in [6.07, 6.45) is -0.549. The zero-order valence-electron chi connectivity index (χ0n) is 6.40. The quantitative estimate of drug-likeness (QED) is 0.711. The van der Waals surface area contributed by atoms with E-state index in [4.69, 9.17) is 16.3 Å². The van der Waals surface area contributed by atoms with Gasteiger partial charge in [-0.25, -0.2) is 0 Å². The van der Waals surface area contributed by atoms with Crippen LogP contribution in [0.4, 0.5) is 0 Å². The number of epoxide rings is 1. The van der Waals surface area contributed by atoms with Gasteiger partial charge in [-0.15, -0.1) is 0 Å². The molecule has 2 atom stereocenters. The van der Waals surface area contributed by atoms with Gasteiger partial charge in [0.1, 0.15) is 12.2 Å². The fourth-order valence-electron chi connectivity index (χ4n) is 1.14. The van der Waals surface area contributed by atoms with Gasteiger partial charge in [-0.1, -0.05) is 23.7 Å². The van der Waals surface area contributed by atoms with Crippen molar-refractivity contribution >= 4 is 11.6 Å². The molecule has 1 aromatic carbocycles. The minimum Gasteiger partial charge on any atom is -0.386 e. The molecular weight excluding hydrogens is 176 g/mol. The highest BCUT2D eigenvalue weighted by atomic mass is 35.5. The van der Waals surface area contributed by atoms with Gasteiger partial charge in [0.25, 0.3) is 0 Å². The zero-order chi connectivity index (χ0) is 8.55. The van der Waals surface area contributed by atoms with Gasteiger partial charge < -0.3 is 9.84 Å². The largest absolute Gasteiger partial charge is 0.386 e. The van der Waals surface area contributed by atoms with Crippen LogP contribution >= 0.6 is 11.6 Å². The molecule has 3 heteroatoms. The molecule has 1 heterocycles. The third kappa shape index (κ3) is 1.61. The van der Waals surface area contributed by atoms with E-state index in [2.05, 4.69) is 0 Å². The first kappa shape index (κ1) is 8.05. The summed E-state index contributed by atoms with van der Waals surface area (Å²) < 4.78 is 4.97. The summed E-state index contributed by atoms with van der Waals surface area (Å²) >= 11 is 5.76. The van der Waals surface area contributed by atoms with Gasteiger partial charge in [0.05, 0.1) is 6.61 Å². The molecule has 0 aliphatic carbocycles. The lowest BCUT2D eigenvalue weighted by atomic mass is 10.1. The lowest BCUT2D eigenvalue weighted by Gasteiger charge is -2.06. The average molecular weight is 185 g/mol. The predicted octanol–water partition coefficient (Wildman–Crippen LogP) is 1.77. The molecule has 2 rings (SSSR count). The standard InChI is InChI=1S/C9H9ClO2/c10-7-3-1-2-6(4-7)9(11)8-5-12-8/h1-4,8-9,11H,5H2/t8-,9-/m1/s1. The minimum atomic E-state index is -0.524. The summed E-state index contributed by atoms with van der Waals surface area (Å²) in [4.78, 5) is 0. The fourth-order valence-corrected chi connectivity index (χ4v) is 1.34. The van der Waals surface area contributed by atoms with E-state index >= 15 is 0 Å². The Balaban J connectivity index is 2.20. The second-order valence-corrected chi connectivity index (χ2v) is 3.31. The maximum absolute atomic E-state index is 9.60. The molecule has 0 bridgehead atoms. The van der Waals surface area contributed by atoms with Crippen molar-refractivity contribution in [2.24, 2.45) is 0 Å². The molecule has 1 aromatic rings. The van der Waals surface area contributed by atoms with Crippen molar-refractivity contribution < 1.29 is 9.84 Å². The molecule has 0 radical (unpaired) electrons. The Morgan fingerprint density at radius 1 is 1.58 bits per heavy atom. The van der Waals surface area contributed by atoms with E-state index in [1.54, 1.807) is 12.1 Å². The molecule has 0 saturated carbocycles. The summed E-state index contributed by atoms with van der Waals surface area (Å²) in [5.41, 5.74) is 0.824. The fraction of sp³-hybridized carbons (Fsp3) is 0.333. The van der Waals surface area contributed by atoms with Crippen LogP contribution in [0, 0.1) is 0 Å². The van der Waals surface area contributed by atoms with E-state index in [0.717, 1.165) is 5.56 Å². The lowest BCUT2D eigenvalue weighted by molar-refractivity contribution is 0.137. The molecule has 1 saturated heterocycles. The van der Waals surface area contributed by atoms with Gasteiger partial charge in [0.2, 0.25) is 0 Å². The molecule has 1 N–H and O–H groups in total. The molecule has 64 valence electrons. The van der Waals surface area contributed by atoms with Crippen LogP contribution in [0.3, 0.4) is 0 Å². The second-order valence-electron chi connectivity index (χ2n) is 2.87. The molecule has 2 nitrogen and oxygen atoms in total. The van der Waals surface area contributed by atoms with E-state index in [1.807, 2.05) is 12.1 Å². The summed E-state index contributed by atoms with van der Waals surface area (Å²) in [7, 11) is 0. The maximum Gasteiger partial charge on any atom is 0.111 e. The number of halogens is 1. The normalized spacial score (nSPS) is 23.7. The van der Waals surface area contributed by atoms with Gasteiger partial charge in [-0.05, 0) is 17.7 Å². The van der Waals surface area contributed by atoms with E-state index in [-0.39, 0.29) is 6.10 Å². The van der Waals surface area contributed by atoms with Gasteiger partial charge >= 0.3 is 0 Å². The minimum absolute atomic E-state index is 0.0246. The number of aliphatic hydroxyl groups excluding tert-OH is 1. The summed E-state index contributed by atoms with van der Waals surface area (Å²) in [6.45, 7) is 0.647. The zero-order valence-corrected chi connectivity index (χ0v) is 7.16. The van der Waals surface area contributed by atoms with E-state index in [9.17, 15) is 5.11 Å². The van der Waals surface area contributed by atoms with Crippen LogP contribution in [0.5, 0.6) is 0 Å². The molecule has 0 aromatic heterocycles. The topological polar surface area (TPSA) is 32.8 Å². The van der Waals surface area contributed by atoms with Gasteiger partial charge in [-0.3, -0.25) is 0 Å². The number of rotatable bonds is 2. The SMILES string of the molecule is O[C@H](c1cccc(Cl)c1)[C@H]1CO1. The highest BCUT2D eigenvalue weighted by Crippen LogP contribution is 2.28. The van der Waals surface area contributed by atoms with E-state index < -0.39 is 6.10 Å². The van der Waals surface area contributed by atoms with Crippen LogP contribution < -0.4 is 0 Å². The Labute approximate surface area is 75.7 Å². The van der Waals surface area contributed by atoms with Crippen molar-refractivity contribution in [3.63, 3.8) is 0 Å². The summed E-state index contributed by atoms with van der Waals surface area (Å²) in [5.74, 6) is 0. The highest BCUT2D eigenvalue weighted by Gasteiger charge is 2.32. The smallest absolute Gasteiger partial charge is 0.111 e. The molecule has 12 heavy (non-hydrogen) atoms. The first-order chi connectivity index (χ1) is 5.77. The molecule has 0 spiro atoms. The number of hydrogen-bond acceptors (Lipinski definition) is 2. The van der Waals surface area contributed by atoms with Crippen molar-refractivity contribution in [3.05, 3.63) is 34.9 Å². The number of aliphatic hydroxyl groups is 1. The number of benzene rings is 1. The Bertz CT molecular complexity index is 284. The second kappa shape index (κ2) is 3.05. The molecule has 0 unspecified atom stereocenters. The van der Waals surface area contributed by atoms with Crippen LogP contribution in [0.2, 0.25) is 5.02 Å². The Morgan fingerprint density at radius 2 is 2.33 bits per heavy atom. The van der Waals surface area contributed by atoms with Crippen molar-refractivity contribution in [3.8, 4) is 0 Å². The maximum atomic E-state index is 9.60. The Hall–Kier alpha value is -0.570. The first-order valence-electron chi connectivity index (χ1n) is 3.82. The highest BCUT2D eigenvalue weighted by molar-refractivity contribution is 6.30. The molecule has 0 amide bonds. The van der Waals surface area contributed by atoms with E-state index in [1.165, 1.54) is 0 Å². The van der Waals surface area contributed by atoms with Crippen molar-refractivity contribution in [2.75, 3.05) is 6.61 Å². The monoisotopic (exact) mass is 184 g/mol. The third-order valence-corrected chi connectivity index (χ3v) is 2.14. The lowest BCUT2D eigenvalue weighted by Crippen LogP contribution is -2.04. The van der Waals surface area contributed by atoms with Gasteiger partial charge in [0.15, 0.2) is 0 Å². The predicted molar refractivity (Wildman–Crippen MR) is 46.2 cm³/mol. The van der Waals surface area contributed by atoms with Crippen LogP contribution in [0.15, 0.2) is 24.3 Å². The van der Waals surface area contributed by atoms with Crippen LogP contribution in [-0.4, -0.2) is 17.8 Å². The van der Waals surface area contributed by atoms with Gasteiger partial charge in [0, 0.05) is 5.02 Å². The molecule has 1 fully saturated rings. The van der Waals surface area contributed by atoms with Crippen LogP contribution in [-0.2, 0) is 4.74 Å². The number of hydrogen-bond donors (Lipinski definition) is 1. The third-order valence-electron chi connectivity index (χ3n) is 1.90. The van der Waals surface area contributed by atoms with Gasteiger partial charge in [-0.2, -0.15) is 0 Å². The molecule has 1 aliphatic rings. The Kier molecular flexibility index (Phi) is 2.05. The van der Waals surface area contributed by atoms with Crippen molar-refractivity contribution in [1.82, 2.24) is 0 Å². The summed E-state index contributed by atoms with van der Waals surface area (Å²) in [5, 5.41) is 10.2. The average Bonchev–Trinajstić information content (AvgIpc) is 2.85. The number of ether oxygens (including phenoxy) is 1.